The molecule has 158 valence electrons. The highest BCUT2D eigenvalue weighted by Crippen LogP contribution is 2.30. The van der Waals surface area contributed by atoms with E-state index in [-0.39, 0.29) is 28.6 Å². The second-order valence-corrected chi connectivity index (χ2v) is 7.34. The van der Waals surface area contributed by atoms with Gasteiger partial charge in [-0.1, -0.05) is 0 Å². The first-order chi connectivity index (χ1) is 14.9. The van der Waals surface area contributed by atoms with E-state index in [4.69, 9.17) is 4.74 Å². The first-order valence-electron chi connectivity index (χ1n) is 10.0. The number of nitrogens with one attached hydrogen (secondary N) is 1. The van der Waals surface area contributed by atoms with Crippen LogP contribution in [0.15, 0.2) is 54.7 Å². The van der Waals surface area contributed by atoms with Crippen molar-refractivity contribution in [3.63, 3.8) is 0 Å². The van der Waals surface area contributed by atoms with Gasteiger partial charge < -0.3 is 10.1 Å². The van der Waals surface area contributed by atoms with Crippen LogP contribution in [0.5, 0.6) is 5.75 Å². The van der Waals surface area contributed by atoms with E-state index in [1.165, 1.54) is 18.2 Å². The molecule has 0 saturated carbocycles. The summed E-state index contributed by atoms with van der Waals surface area (Å²) in [5.41, 5.74) is 1.19. The second kappa shape index (κ2) is 8.06. The van der Waals surface area contributed by atoms with Crippen molar-refractivity contribution in [3.05, 3.63) is 71.4 Å². The third-order valence-corrected chi connectivity index (χ3v) is 4.96. The molecule has 8 nitrogen and oxygen atoms in total. The summed E-state index contributed by atoms with van der Waals surface area (Å²) >= 11 is 0. The molecule has 2 aromatic carbocycles. The number of nitrogens with zero attached hydrogens (tertiary/aromatic N) is 3. The van der Waals surface area contributed by atoms with E-state index >= 15 is 0 Å². The van der Waals surface area contributed by atoms with Crippen molar-refractivity contribution < 1.29 is 19.1 Å². The molecular formula is C23H22N4O4. The summed E-state index contributed by atoms with van der Waals surface area (Å²) in [5.74, 6) is -0.0635. The quantitative estimate of drug-likeness (QED) is 0.613. The van der Waals surface area contributed by atoms with Gasteiger partial charge in [-0.2, -0.15) is 5.10 Å². The molecule has 3 aromatic rings. The number of hydrogen-bond acceptors (Lipinski definition) is 5. The van der Waals surface area contributed by atoms with E-state index < -0.39 is 11.8 Å². The maximum Gasteiger partial charge on any atom is 0.266 e. The molecule has 0 aliphatic carbocycles. The van der Waals surface area contributed by atoms with E-state index in [0.717, 1.165) is 4.90 Å². The number of amides is 3. The average Bonchev–Trinajstić information content (AvgIpc) is 3.32. The molecule has 1 aliphatic heterocycles. The molecule has 31 heavy (non-hydrogen) atoms. The Morgan fingerprint density at radius 1 is 1.03 bits per heavy atom. The highest BCUT2D eigenvalue weighted by molar-refractivity contribution is 6.34. The number of aromatic nitrogens is 2. The zero-order valence-electron chi connectivity index (χ0n) is 17.5. The van der Waals surface area contributed by atoms with Gasteiger partial charge >= 0.3 is 0 Å². The third kappa shape index (κ3) is 3.68. The minimum absolute atomic E-state index is 0.0761. The lowest BCUT2D eigenvalue weighted by Gasteiger charge is -2.14. The van der Waals surface area contributed by atoms with Crippen LogP contribution < -0.4 is 15.0 Å². The van der Waals surface area contributed by atoms with E-state index in [2.05, 4.69) is 10.4 Å². The Balaban J connectivity index is 1.59. The Morgan fingerprint density at radius 3 is 2.42 bits per heavy atom. The number of imide groups is 1. The summed E-state index contributed by atoms with van der Waals surface area (Å²) in [6, 6.07) is 13.0. The molecule has 2 heterocycles. The number of hydrogen-bond donors (Lipinski definition) is 1. The van der Waals surface area contributed by atoms with Crippen LogP contribution in [0.2, 0.25) is 0 Å². The maximum atomic E-state index is 13.0. The van der Waals surface area contributed by atoms with Crippen LogP contribution in [-0.2, 0) is 0 Å². The molecule has 0 unspecified atom stereocenters. The fourth-order valence-corrected chi connectivity index (χ4v) is 3.49. The molecule has 1 aliphatic rings. The van der Waals surface area contributed by atoms with E-state index in [0.29, 0.717) is 23.9 Å². The van der Waals surface area contributed by atoms with Gasteiger partial charge in [0.15, 0.2) is 0 Å². The summed E-state index contributed by atoms with van der Waals surface area (Å²) in [6.45, 7) is 6.31. The third-order valence-electron chi connectivity index (χ3n) is 4.96. The topological polar surface area (TPSA) is 93.5 Å². The first-order valence-corrected chi connectivity index (χ1v) is 10.0. The Kier molecular flexibility index (Phi) is 5.29. The predicted molar refractivity (Wildman–Crippen MR) is 116 cm³/mol. The fraction of sp³-hybridized carbons (Fsp3) is 0.217. The lowest BCUT2D eigenvalue weighted by molar-refractivity contribution is 0.0925. The summed E-state index contributed by atoms with van der Waals surface area (Å²) in [6.07, 6.45) is 1.61. The fourth-order valence-electron chi connectivity index (χ4n) is 3.49. The zero-order chi connectivity index (χ0) is 22.1. The molecule has 1 aromatic heterocycles. The number of carbonyl (C=O) groups excluding carboxylic acids is 3. The Morgan fingerprint density at radius 2 is 1.74 bits per heavy atom. The van der Waals surface area contributed by atoms with Crippen LogP contribution in [0.25, 0.3) is 0 Å². The van der Waals surface area contributed by atoms with Crippen LogP contribution in [0.3, 0.4) is 0 Å². The lowest BCUT2D eigenvalue weighted by atomic mass is 10.1. The van der Waals surface area contributed by atoms with Crippen molar-refractivity contribution in [3.8, 4) is 5.75 Å². The molecule has 0 fully saturated rings. The summed E-state index contributed by atoms with van der Waals surface area (Å²) < 4.78 is 7.10. The lowest BCUT2D eigenvalue weighted by Crippen LogP contribution is -2.29. The van der Waals surface area contributed by atoms with Crippen LogP contribution in [0.4, 0.5) is 11.5 Å². The van der Waals surface area contributed by atoms with Crippen LogP contribution in [0.1, 0.15) is 57.9 Å². The molecule has 1 N–H and O–H groups in total. The van der Waals surface area contributed by atoms with Crippen LogP contribution in [0, 0.1) is 0 Å². The van der Waals surface area contributed by atoms with Gasteiger partial charge in [0.1, 0.15) is 11.6 Å². The van der Waals surface area contributed by atoms with Gasteiger partial charge in [0, 0.05) is 17.7 Å². The Bertz CT molecular complexity index is 1160. The first kappa shape index (κ1) is 20.3. The molecule has 3 amide bonds. The van der Waals surface area contributed by atoms with Gasteiger partial charge in [0.2, 0.25) is 0 Å². The smallest absolute Gasteiger partial charge is 0.266 e. The Hall–Kier alpha value is -3.94. The largest absolute Gasteiger partial charge is 0.494 e. The number of benzene rings is 2. The van der Waals surface area contributed by atoms with Gasteiger partial charge in [0.25, 0.3) is 17.7 Å². The van der Waals surface area contributed by atoms with Gasteiger partial charge in [-0.05, 0) is 63.2 Å². The maximum absolute atomic E-state index is 13.0. The number of ether oxygens (including phenoxy) is 1. The standard InChI is InChI=1S/C23H22N4O4/c1-4-31-17-8-6-16(7-9-17)26-22(29)18-10-5-15(13-19(18)23(26)30)21(28)25-20-11-12-24-27(20)14(2)3/h5-14H,4H2,1-3H3,(H,25,28). The monoisotopic (exact) mass is 418 g/mol. The zero-order valence-corrected chi connectivity index (χ0v) is 17.5. The number of rotatable bonds is 6. The summed E-state index contributed by atoms with van der Waals surface area (Å²) in [7, 11) is 0. The number of fused-ring (bicyclic) bond motifs is 1. The predicted octanol–water partition coefficient (Wildman–Crippen LogP) is 3.92. The van der Waals surface area contributed by atoms with Gasteiger partial charge in [-0.3, -0.25) is 14.4 Å². The minimum Gasteiger partial charge on any atom is -0.494 e. The summed E-state index contributed by atoms with van der Waals surface area (Å²) in [5, 5.41) is 7.00. The van der Waals surface area contributed by atoms with E-state index in [1.807, 2.05) is 20.8 Å². The van der Waals surface area contributed by atoms with Gasteiger partial charge in [-0.15, -0.1) is 0 Å². The minimum atomic E-state index is -0.467. The molecule has 0 saturated heterocycles. The van der Waals surface area contributed by atoms with Crippen molar-refractivity contribution >= 4 is 29.2 Å². The molecule has 0 radical (unpaired) electrons. The SMILES string of the molecule is CCOc1ccc(N2C(=O)c3ccc(C(=O)Nc4ccnn4C(C)C)cc3C2=O)cc1. The molecule has 4 rings (SSSR count). The highest BCUT2D eigenvalue weighted by Gasteiger charge is 2.37. The number of carbonyl (C=O) groups is 3. The molecule has 0 bridgehead atoms. The molecule has 0 spiro atoms. The van der Waals surface area contributed by atoms with Crippen molar-refractivity contribution in [1.82, 2.24) is 9.78 Å². The highest BCUT2D eigenvalue weighted by atomic mass is 16.5. The van der Waals surface area contributed by atoms with E-state index in [1.54, 1.807) is 41.2 Å². The molecule has 8 heteroatoms. The van der Waals surface area contributed by atoms with E-state index in [9.17, 15) is 14.4 Å². The van der Waals surface area contributed by atoms with Gasteiger partial charge in [0.05, 0.1) is 29.6 Å². The average molecular weight is 418 g/mol. The normalized spacial score (nSPS) is 13.0. The van der Waals surface area contributed by atoms with Gasteiger partial charge in [-0.25, -0.2) is 9.58 Å². The number of anilines is 2. The second-order valence-electron chi connectivity index (χ2n) is 7.34. The van der Waals surface area contributed by atoms with Crippen molar-refractivity contribution in [2.24, 2.45) is 0 Å². The van der Waals surface area contributed by atoms with Crippen molar-refractivity contribution in [2.45, 2.75) is 26.8 Å². The van der Waals surface area contributed by atoms with Crippen LogP contribution >= 0.6 is 0 Å². The van der Waals surface area contributed by atoms with Crippen molar-refractivity contribution in [2.75, 3.05) is 16.8 Å². The molecule has 0 atom stereocenters. The van der Waals surface area contributed by atoms with Crippen LogP contribution in [-0.4, -0.2) is 34.1 Å². The van der Waals surface area contributed by atoms with Crippen molar-refractivity contribution in [1.29, 1.82) is 0 Å². The molecular weight excluding hydrogens is 396 g/mol. The summed E-state index contributed by atoms with van der Waals surface area (Å²) in [4.78, 5) is 39.7. The Labute approximate surface area is 179 Å².